The van der Waals surface area contributed by atoms with Crippen LogP contribution in [0.25, 0.3) is 0 Å². The molecule has 2 N–H and O–H groups in total. The third-order valence-corrected chi connectivity index (χ3v) is 3.43. The predicted octanol–water partition coefficient (Wildman–Crippen LogP) is 1.95. The number of thiocarbonyl (C=S) groups is 1. The van der Waals surface area contributed by atoms with Crippen LogP contribution in [-0.2, 0) is 6.54 Å². The van der Waals surface area contributed by atoms with Crippen molar-refractivity contribution in [3.05, 3.63) is 29.6 Å². The number of hydrogen-bond acceptors (Lipinski definition) is 3. The molecule has 92 valence electrons. The van der Waals surface area contributed by atoms with E-state index in [1.165, 1.54) is 31.5 Å². The molecule has 1 fully saturated rings. The zero-order valence-electron chi connectivity index (χ0n) is 10.2. The van der Waals surface area contributed by atoms with Crippen LogP contribution >= 0.6 is 12.2 Å². The van der Waals surface area contributed by atoms with Crippen LogP contribution in [0.15, 0.2) is 18.3 Å². The van der Waals surface area contributed by atoms with Crippen LogP contribution in [0.1, 0.15) is 31.0 Å². The first-order valence-electron chi connectivity index (χ1n) is 6.12. The van der Waals surface area contributed by atoms with Gasteiger partial charge in [-0.1, -0.05) is 19.1 Å². The van der Waals surface area contributed by atoms with E-state index >= 15 is 0 Å². The molecule has 2 heterocycles. The fraction of sp³-hybridized carbons (Fsp3) is 0.538. The molecule has 1 saturated heterocycles. The number of nitrogens with two attached hydrogens (primary N) is 1. The van der Waals surface area contributed by atoms with Crippen molar-refractivity contribution in [2.75, 3.05) is 13.1 Å². The second-order valence-electron chi connectivity index (χ2n) is 4.90. The number of hydrogen-bond donors (Lipinski definition) is 1. The molecule has 0 radical (unpaired) electrons. The minimum absolute atomic E-state index is 0.374. The van der Waals surface area contributed by atoms with Crippen LogP contribution < -0.4 is 5.73 Å². The maximum absolute atomic E-state index is 5.59. The summed E-state index contributed by atoms with van der Waals surface area (Å²) in [5.74, 6) is 0.806. The van der Waals surface area contributed by atoms with Crippen LogP contribution in [0.5, 0.6) is 0 Å². The Hall–Kier alpha value is -1.00. The van der Waals surface area contributed by atoms with E-state index in [1.807, 2.05) is 12.1 Å². The van der Waals surface area contributed by atoms with Gasteiger partial charge in [0.1, 0.15) is 4.99 Å². The van der Waals surface area contributed by atoms with Crippen LogP contribution in [0.2, 0.25) is 0 Å². The van der Waals surface area contributed by atoms with E-state index in [2.05, 4.69) is 16.8 Å². The van der Waals surface area contributed by atoms with Gasteiger partial charge in [-0.2, -0.15) is 0 Å². The molecule has 3 nitrogen and oxygen atoms in total. The Balaban J connectivity index is 2.02. The highest BCUT2D eigenvalue weighted by Gasteiger charge is 2.16. The Morgan fingerprint density at radius 3 is 3.18 bits per heavy atom. The summed E-state index contributed by atoms with van der Waals surface area (Å²) in [4.78, 5) is 7.03. The summed E-state index contributed by atoms with van der Waals surface area (Å²) in [7, 11) is 0. The van der Waals surface area contributed by atoms with Gasteiger partial charge in [0.25, 0.3) is 0 Å². The maximum atomic E-state index is 5.59. The summed E-state index contributed by atoms with van der Waals surface area (Å²) in [6, 6.07) is 4.04. The summed E-state index contributed by atoms with van der Waals surface area (Å²) in [6.45, 7) is 5.67. The standard InChI is InChI=1S/C13H19N3S/c1-10-3-2-6-16(8-10)9-11-4-5-15-12(7-11)13(14)17/h4-5,7,10H,2-3,6,8-9H2,1H3,(H2,14,17). The lowest BCUT2D eigenvalue weighted by Gasteiger charge is -2.30. The van der Waals surface area contributed by atoms with Crippen LogP contribution in [0, 0.1) is 5.92 Å². The van der Waals surface area contributed by atoms with E-state index < -0.39 is 0 Å². The second kappa shape index (κ2) is 5.56. The van der Waals surface area contributed by atoms with E-state index in [-0.39, 0.29) is 0 Å². The minimum Gasteiger partial charge on any atom is -0.388 e. The topological polar surface area (TPSA) is 42.2 Å². The SMILES string of the molecule is CC1CCCN(Cc2ccnc(C(N)=S)c2)C1. The molecule has 0 amide bonds. The van der Waals surface area contributed by atoms with Gasteiger partial charge in [-0.25, -0.2) is 0 Å². The van der Waals surface area contributed by atoms with Crippen LogP contribution in [0.3, 0.4) is 0 Å². The Labute approximate surface area is 108 Å². The van der Waals surface area contributed by atoms with Gasteiger partial charge < -0.3 is 5.73 Å². The summed E-state index contributed by atoms with van der Waals surface area (Å²) in [6.07, 6.45) is 4.44. The quantitative estimate of drug-likeness (QED) is 0.831. The summed E-state index contributed by atoms with van der Waals surface area (Å²) < 4.78 is 0. The lowest BCUT2D eigenvalue weighted by atomic mass is 10.00. The first kappa shape index (κ1) is 12.5. The first-order chi connectivity index (χ1) is 8.15. The largest absolute Gasteiger partial charge is 0.388 e. The van der Waals surface area contributed by atoms with Crippen molar-refractivity contribution in [2.24, 2.45) is 11.7 Å². The molecule has 1 aromatic heterocycles. The monoisotopic (exact) mass is 249 g/mol. The van der Waals surface area contributed by atoms with Gasteiger partial charge in [0, 0.05) is 19.3 Å². The Morgan fingerprint density at radius 2 is 2.47 bits per heavy atom. The van der Waals surface area contributed by atoms with Crippen molar-refractivity contribution in [2.45, 2.75) is 26.3 Å². The van der Waals surface area contributed by atoms with Gasteiger partial charge in [-0.05, 0) is 43.0 Å². The fourth-order valence-electron chi connectivity index (χ4n) is 2.40. The Morgan fingerprint density at radius 1 is 1.65 bits per heavy atom. The molecule has 0 aromatic carbocycles. The Kier molecular flexibility index (Phi) is 4.07. The van der Waals surface area contributed by atoms with Gasteiger partial charge in [0.05, 0.1) is 5.69 Å². The molecule has 1 aromatic rings. The van der Waals surface area contributed by atoms with Gasteiger partial charge in [0.15, 0.2) is 0 Å². The van der Waals surface area contributed by atoms with E-state index in [9.17, 15) is 0 Å². The van der Waals surface area contributed by atoms with Gasteiger partial charge >= 0.3 is 0 Å². The molecule has 1 unspecified atom stereocenters. The van der Waals surface area contributed by atoms with Crippen molar-refractivity contribution in [3.63, 3.8) is 0 Å². The molecular weight excluding hydrogens is 230 g/mol. The molecule has 1 aliphatic rings. The predicted molar refractivity (Wildman–Crippen MR) is 73.8 cm³/mol. The molecule has 1 aliphatic heterocycles. The normalized spacial score (nSPS) is 21.4. The third-order valence-electron chi connectivity index (χ3n) is 3.22. The highest BCUT2D eigenvalue weighted by atomic mass is 32.1. The molecule has 0 aliphatic carbocycles. The summed E-state index contributed by atoms with van der Waals surface area (Å²) in [5.41, 5.74) is 7.56. The van der Waals surface area contributed by atoms with Crippen molar-refractivity contribution in [1.82, 2.24) is 9.88 Å². The van der Waals surface area contributed by atoms with Crippen molar-refractivity contribution >= 4 is 17.2 Å². The molecule has 0 spiro atoms. The van der Waals surface area contributed by atoms with Gasteiger partial charge in [-0.3, -0.25) is 9.88 Å². The number of rotatable bonds is 3. The molecule has 0 saturated carbocycles. The zero-order chi connectivity index (χ0) is 12.3. The molecule has 17 heavy (non-hydrogen) atoms. The van der Waals surface area contributed by atoms with Crippen molar-refractivity contribution in [3.8, 4) is 0 Å². The molecule has 4 heteroatoms. The summed E-state index contributed by atoms with van der Waals surface area (Å²) in [5, 5.41) is 0. The van der Waals surface area contributed by atoms with Crippen molar-refractivity contribution < 1.29 is 0 Å². The van der Waals surface area contributed by atoms with Crippen molar-refractivity contribution in [1.29, 1.82) is 0 Å². The molecule has 0 bridgehead atoms. The molecular formula is C13H19N3S. The first-order valence-corrected chi connectivity index (χ1v) is 6.53. The highest BCUT2D eigenvalue weighted by Crippen LogP contribution is 2.17. The number of likely N-dealkylation sites (tertiary alicyclic amines) is 1. The van der Waals surface area contributed by atoms with Gasteiger partial charge in [-0.15, -0.1) is 0 Å². The third kappa shape index (κ3) is 3.48. The average Bonchev–Trinajstić information content (AvgIpc) is 2.29. The van der Waals surface area contributed by atoms with Crippen LogP contribution in [0.4, 0.5) is 0 Å². The Bertz CT molecular complexity index is 405. The van der Waals surface area contributed by atoms with E-state index in [0.29, 0.717) is 4.99 Å². The number of pyridine rings is 1. The highest BCUT2D eigenvalue weighted by molar-refractivity contribution is 7.80. The van der Waals surface area contributed by atoms with Crippen LogP contribution in [-0.4, -0.2) is 28.0 Å². The zero-order valence-corrected chi connectivity index (χ0v) is 11.0. The van der Waals surface area contributed by atoms with E-state index in [0.717, 1.165) is 18.2 Å². The lowest BCUT2D eigenvalue weighted by molar-refractivity contribution is 0.176. The number of piperidine rings is 1. The molecule has 1 atom stereocenters. The fourth-order valence-corrected chi connectivity index (χ4v) is 2.51. The number of aromatic nitrogens is 1. The number of nitrogens with zero attached hydrogens (tertiary/aromatic N) is 2. The smallest absolute Gasteiger partial charge is 0.122 e. The maximum Gasteiger partial charge on any atom is 0.122 e. The summed E-state index contributed by atoms with van der Waals surface area (Å²) >= 11 is 4.95. The second-order valence-corrected chi connectivity index (χ2v) is 5.34. The molecule has 2 rings (SSSR count). The minimum atomic E-state index is 0.374. The lowest BCUT2D eigenvalue weighted by Crippen LogP contribution is -2.33. The van der Waals surface area contributed by atoms with Gasteiger partial charge in [0.2, 0.25) is 0 Å². The van der Waals surface area contributed by atoms with E-state index in [4.69, 9.17) is 18.0 Å². The van der Waals surface area contributed by atoms with E-state index in [1.54, 1.807) is 6.20 Å². The average molecular weight is 249 g/mol.